The topological polar surface area (TPSA) is 76.7 Å². The number of amides is 2. The molecular weight excluding hydrogens is 404 g/mol. The van der Waals surface area contributed by atoms with Crippen LogP contribution in [0.2, 0.25) is 0 Å². The molecule has 0 aromatic heterocycles. The number of hydrogen-bond donors (Lipinski definition) is 2. The van der Waals surface area contributed by atoms with Gasteiger partial charge in [-0.25, -0.2) is 0 Å². The first-order chi connectivity index (χ1) is 15.4. The zero-order valence-electron chi connectivity index (χ0n) is 18.7. The van der Waals surface area contributed by atoms with Gasteiger partial charge in [0.05, 0.1) is 26.3 Å². The van der Waals surface area contributed by atoms with Crippen molar-refractivity contribution in [2.45, 2.75) is 25.9 Å². The molecule has 0 saturated carbocycles. The van der Waals surface area contributed by atoms with Crippen molar-refractivity contribution in [3.63, 3.8) is 0 Å². The fraction of sp³-hybridized carbons (Fsp3) is 0.231. The Bertz CT molecular complexity index is 979. The lowest BCUT2D eigenvalue weighted by atomic mass is 10.1. The van der Waals surface area contributed by atoms with Gasteiger partial charge in [0.2, 0.25) is 0 Å². The van der Waals surface area contributed by atoms with E-state index in [1.165, 1.54) is 0 Å². The highest BCUT2D eigenvalue weighted by Gasteiger charge is 2.16. The molecular formula is C26H28N2O4. The molecule has 2 atom stereocenters. The molecule has 0 spiro atoms. The first-order valence-corrected chi connectivity index (χ1v) is 10.4. The minimum atomic E-state index is -0.244. The van der Waals surface area contributed by atoms with Gasteiger partial charge in [0.15, 0.2) is 0 Å². The Morgan fingerprint density at radius 2 is 1.03 bits per heavy atom. The fourth-order valence-corrected chi connectivity index (χ4v) is 3.31. The van der Waals surface area contributed by atoms with Gasteiger partial charge in [0.25, 0.3) is 11.8 Å². The summed E-state index contributed by atoms with van der Waals surface area (Å²) >= 11 is 0. The molecule has 2 amide bonds. The van der Waals surface area contributed by atoms with E-state index >= 15 is 0 Å². The summed E-state index contributed by atoms with van der Waals surface area (Å²) in [6, 6.07) is 21.4. The molecule has 0 heterocycles. The summed E-state index contributed by atoms with van der Waals surface area (Å²) in [6.07, 6.45) is 0. The smallest absolute Gasteiger partial charge is 0.251 e. The highest BCUT2D eigenvalue weighted by atomic mass is 16.5. The molecule has 0 fully saturated rings. The van der Waals surface area contributed by atoms with Crippen molar-refractivity contribution in [1.29, 1.82) is 0 Å². The van der Waals surface area contributed by atoms with Crippen molar-refractivity contribution in [3.8, 4) is 11.5 Å². The Balaban J connectivity index is 1.65. The molecule has 3 aromatic rings. The van der Waals surface area contributed by atoms with Gasteiger partial charge in [0.1, 0.15) is 11.5 Å². The summed E-state index contributed by atoms with van der Waals surface area (Å²) in [5, 5.41) is 5.94. The van der Waals surface area contributed by atoms with E-state index in [-0.39, 0.29) is 23.9 Å². The predicted octanol–water partition coefficient (Wildman–Crippen LogP) is 4.69. The minimum absolute atomic E-state index is 0.194. The van der Waals surface area contributed by atoms with Crippen LogP contribution in [0.1, 0.15) is 57.8 Å². The van der Waals surface area contributed by atoms with E-state index in [1.54, 1.807) is 38.5 Å². The monoisotopic (exact) mass is 432 g/mol. The second kappa shape index (κ2) is 10.5. The maximum absolute atomic E-state index is 12.8. The molecule has 0 radical (unpaired) electrons. The summed E-state index contributed by atoms with van der Waals surface area (Å²) in [4.78, 5) is 25.5. The van der Waals surface area contributed by atoms with Crippen molar-refractivity contribution in [2.75, 3.05) is 14.2 Å². The number of hydrogen-bond acceptors (Lipinski definition) is 4. The first kappa shape index (κ1) is 22.9. The van der Waals surface area contributed by atoms with Gasteiger partial charge in [-0.3, -0.25) is 9.59 Å². The second-order valence-corrected chi connectivity index (χ2v) is 7.52. The van der Waals surface area contributed by atoms with Gasteiger partial charge in [-0.2, -0.15) is 0 Å². The zero-order valence-corrected chi connectivity index (χ0v) is 18.7. The van der Waals surface area contributed by atoms with Crippen LogP contribution in [0.25, 0.3) is 0 Å². The third-order valence-corrected chi connectivity index (χ3v) is 5.31. The lowest BCUT2D eigenvalue weighted by Gasteiger charge is -2.16. The van der Waals surface area contributed by atoms with E-state index in [4.69, 9.17) is 9.47 Å². The molecule has 0 bridgehead atoms. The number of methoxy groups -OCH3 is 2. The molecule has 32 heavy (non-hydrogen) atoms. The van der Waals surface area contributed by atoms with E-state index in [1.807, 2.05) is 62.4 Å². The van der Waals surface area contributed by atoms with Crippen molar-refractivity contribution in [3.05, 3.63) is 95.1 Å². The highest BCUT2D eigenvalue weighted by molar-refractivity contribution is 5.99. The van der Waals surface area contributed by atoms with Gasteiger partial charge in [-0.1, -0.05) is 30.3 Å². The van der Waals surface area contributed by atoms with Crippen LogP contribution in [0.4, 0.5) is 0 Å². The molecule has 2 N–H and O–H groups in total. The van der Waals surface area contributed by atoms with Crippen molar-refractivity contribution in [2.24, 2.45) is 0 Å². The molecule has 6 nitrogen and oxygen atoms in total. The normalized spacial score (nSPS) is 12.4. The fourth-order valence-electron chi connectivity index (χ4n) is 3.31. The molecule has 3 rings (SSSR count). The number of carbonyl (C=O) groups is 2. The lowest BCUT2D eigenvalue weighted by molar-refractivity contribution is 0.0939. The van der Waals surface area contributed by atoms with Crippen LogP contribution in [0.5, 0.6) is 11.5 Å². The summed E-state index contributed by atoms with van der Waals surface area (Å²) in [6.45, 7) is 3.82. The average Bonchev–Trinajstić information content (AvgIpc) is 2.84. The van der Waals surface area contributed by atoms with Gasteiger partial charge in [0, 0.05) is 11.1 Å². The van der Waals surface area contributed by atoms with Gasteiger partial charge in [-0.05, 0) is 67.4 Å². The van der Waals surface area contributed by atoms with Gasteiger partial charge in [-0.15, -0.1) is 0 Å². The molecule has 166 valence electrons. The van der Waals surface area contributed by atoms with E-state index in [0.717, 1.165) is 22.6 Å². The van der Waals surface area contributed by atoms with Crippen LogP contribution in [0.3, 0.4) is 0 Å². The second-order valence-electron chi connectivity index (χ2n) is 7.52. The lowest BCUT2D eigenvalue weighted by Crippen LogP contribution is -2.28. The van der Waals surface area contributed by atoms with Crippen molar-refractivity contribution >= 4 is 11.8 Å². The quantitative estimate of drug-likeness (QED) is 0.542. The zero-order chi connectivity index (χ0) is 23.1. The van der Waals surface area contributed by atoms with E-state index in [2.05, 4.69) is 10.6 Å². The summed E-state index contributed by atoms with van der Waals surface area (Å²) in [7, 11) is 3.22. The third-order valence-electron chi connectivity index (χ3n) is 5.31. The van der Waals surface area contributed by atoms with Gasteiger partial charge < -0.3 is 20.1 Å². The number of ether oxygens (including phenoxy) is 2. The molecule has 0 aliphatic heterocycles. The first-order valence-electron chi connectivity index (χ1n) is 10.4. The van der Waals surface area contributed by atoms with Crippen LogP contribution < -0.4 is 20.1 Å². The third kappa shape index (κ3) is 5.66. The van der Waals surface area contributed by atoms with Crippen LogP contribution in [-0.4, -0.2) is 26.0 Å². The van der Waals surface area contributed by atoms with E-state index in [9.17, 15) is 9.59 Å². The van der Waals surface area contributed by atoms with E-state index < -0.39 is 0 Å². The summed E-state index contributed by atoms with van der Waals surface area (Å²) in [5.74, 6) is 1.03. The molecule has 3 aromatic carbocycles. The number of nitrogens with one attached hydrogen (secondary N) is 2. The Morgan fingerprint density at radius 3 is 1.38 bits per heavy atom. The molecule has 0 aliphatic rings. The minimum Gasteiger partial charge on any atom is -0.497 e. The SMILES string of the molecule is COc1ccc([C@H](C)NC(=O)c2cccc(C(=O)N[C@H](C)c3ccc(OC)cc3)c2)cc1. The van der Waals surface area contributed by atoms with Crippen LogP contribution in [0, 0.1) is 0 Å². The Morgan fingerprint density at radius 1 is 0.656 bits per heavy atom. The number of rotatable bonds is 8. The largest absolute Gasteiger partial charge is 0.497 e. The number of carbonyl (C=O) groups excluding carboxylic acids is 2. The molecule has 0 unspecified atom stereocenters. The standard InChI is InChI=1S/C26H28N2O4/c1-17(19-8-12-23(31-3)13-9-19)27-25(29)21-6-5-7-22(16-21)26(30)28-18(2)20-10-14-24(32-4)15-11-20/h5-18H,1-4H3,(H,27,29)(H,28,30)/t17-,18+. The highest BCUT2D eigenvalue weighted by Crippen LogP contribution is 2.19. The van der Waals surface area contributed by atoms with E-state index in [0.29, 0.717) is 11.1 Å². The maximum atomic E-state index is 12.8. The molecule has 0 aliphatic carbocycles. The maximum Gasteiger partial charge on any atom is 0.251 e. The van der Waals surface area contributed by atoms with Crippen molar-refractivity contribution in [1.82, 2.24) is 10.6 Å². The Hall–Kier alpha value is -3.80. The average molecular weight is 433 g/mol. The molecule has 0 saturated heterocycles. The van der Waals surface area contributed by atoms with Gasteiger partial charge >= 0.3 is 0 Å². The Kier molecular flexibility index (Phi) is 7.49. The summed E-state index contributed by atoms with van der Waals surface area (Å²) < 4.78 is 10.3. The molecule has 6 heteroatoms. The van der Waals surface area contributed by atoms with Crippen molar-refractivity contribution < 1.29 is 19.1 Å². The summed E-state index contributed by atoms with van der Waals surface area (Å²) in [5.41, 5.74) is 2.77. The number of benzene rings is 3. The predicted molar refractivity (Wildman–Crippen MR) is 124 cm³/mol. The van der Waals surface area contributed by atoms with Crippen LogP contribution >= 0.6 is 0 Å². The Labute approximate surface area is 188 Å². The van der Waals surface area contributed by atoms with Crippen LogP contribution in [-0.2, 0) is 0 Å². The van der Waals surface area contributed by atoms with Crippen LogP contribution in [0.15, 0.2) is 72.8 Å².